The van der Waals surface area contributed by atoms with Crippen molar-refractivity contribution >= 4 is 8.41 Å². The predicted octanol–water partition coefficient (Wildman–Crippen LogP) is 0.185. The second kappa shape index (κ2) is 4.02. The lowest BCUT2D eigenvalue weighted by atomic mass is 10.4. The SMILES string of the molecule is CC[N+]1(CC)CCCC1.[BH4-]. The molecule has 1 fully saturated rings. The Balaban J connectivity index is 0.000000810. The Morgan fingerprint density at radius 1 is 1.00 bits per heavy atom. The molecule has 1 nitrogen and oxygen atoms in total. The summed E-state index contributed by atoms with van der Waals surface area (Å²) in [7, 11) is 0. The van der Waals surface area contributed by atoms with E-state index < -0.39 is 0 Å². The molecule has 0 amide bonds. The van der Waals surface area contributed by atoms with E-state index in [9.17, 15) is 0 Å². The van der Waals surface area contributed by atoms with Crippen LogP contribution in [-0.2, 0) is 0 Å². The summed E-state index contributed by atoms with van der Waals surface area (Å²) in [4.78, 5) is 0. The predicted molar refractivity (Wildman–Crippen MR) is 51.6 cm³/mol. The number of hydrogen-bond acceptors (Lipinski definition) is 0. The summed E-state index contributed by atoms with van der Waals surface area (Å²) < 4.78 is 1.39. The molecule has 0 saturated carbocycles. The zero-order valence-electron chi connectivity index (χ0n) is 6.69. The summed E-state index contributed by atoms with van der Waals surface area (Å²) in [5.41, 5.74) is 0. The normalized spacial score (nSPS) is 22.2. The number of likely N-dealkylation sites (tertiary alicyclic amines) is 1. The van der Waals surface area contributed by atoms with Gasteiger partial charge in [-0.1, -0.05) is 8.41 Å². The molecule has 0 aromatic rings. The van der Waals surface area contributed by atoms with E-state index in [0.717, 1.165) is 0 Å². The number of rotatable bonds is 2. The summed E-state index contributed by atoms with van der Waals surface area (Å²) in [6, 6.07) is 0. The second-order valence-electron chi connectivity index (χ2n) is 3.13. The minimum Gasteiger partial charge on any atom is -0.324 e. The third kappa shape index (κ3) is 1.75. The molecule has 0 unspecified atom stereocenters. The highest BCUT2D eigenvalue weighted by molar-refractivity contribution is 5.75. The molecule has 62 valence electrons. The van der Waals surface area contributed by atoms with Crippen molar-refractivity contribution in [1.82, 2.24) is 0 Å². The Morgan fingerprint density at radius 3 is 1.60 bits per heavy atom. The van der Waals surface area contributed by atoms with Crippen molar-refractivity contribution in [2.75, 3.05) is 26.2 Å². The molecular weight excluding hydrogens is 121 g/mol. The van der Waals surface area contributed by atoms with Gasteiger partial charge in [-0.2, -0.15) is 0 Å². The smallest absolute Gasteiger partial charge is 0.0788 e. The van der Waals surface area contributed by atoms with Gasteiger partial charge in [0, 0.05) is 12.8 Å². The molecule has 0 spiro atoms. The van der Waals surface area contributed by atoms with Crippen molar-refractivity contribution in [3.8, 4) is 0 Å². The van der Waals surface area contributed by atoms with Crippen molar-refractivity contribution < 1.29 is 4.48 Å². The number of hydrogen-bond donors (Lipinski definition) is 0. The maximum absolute atomic E-state index is 2.31. The third-order valence-corrected chi connectivity index (χ3v) is 2.86. The monoisotopic (exact) mass is 143 g/mol. The molecule has 0 aromatic carbocycles. The van der Waals surface area contributed by atoms with Gasteiger partial charge in [0.1, 0.15) is 0 Å². The van der Waals surface area contributed by atoms with E-state index in [-0.39, 0.29) is 8.41 Å². The number of nitrogens with zero attached hydrogens (tertiary/aromatic N) is 1. The van der Waals surface area contributed by atoms with Crippen LogP contribution in [0.25, 0.3) is 0 Å². The molecule has 0 bridgehead atoms. The summed E-state index contributed by atoms with van der Waals surface area (Å²) in [6.07, 6.45) is 2.92. The summed E-state index contributed by atoms with van der Waals surface area (Å²) >= 11 is 0. The van der Waals surface area contributed by atoms with Crippen molar-refractivity contribution in [3.63, 3.8) is 0 Å². The highest BCUT2D eigenvalue weighted by Crippen LogP contribution is 2.17. The van der Waals surface area contributed by atoms with E-state index >= 15 is 0 Å². The summed E-state index contributed by atoms with van der Waals surface area (Å²) in [5.74, 6) is 0. The van der Waals surface area contributed by atoms with E-state index in [1.807, 2.05) is 0 Å². The molecule has 1 aliphatic rings. The lowest BCUT2D eigenvalue weighted by molar-refractivity contribution is -0.913. The fourth-order valence-corrected chi connectivity index (χ4v) is 1.86. The Labute approximate surface area is 66.6 Å². The van der Waals surface area contributed by atoms with Gasteiger partial charge >= 0.3 is 0 Å². The average Bonchev–Trinajstić information content (AvgIpc) is 2.36. The van der Waals surface area contributed by atoms with Crippen LogP contribution >= 0.6 is 0 Å². The minimum absolute atomic E-state index is 0. The van der Waals surface area contributed by atoms with Crippen LogP contribution in [0.1, 0.15) is 26.7 Å². The van der Waals surface area contributed by atoms with Crippen LogP contribution in [0.4, 0.5) is 0 Å². The highest BCUT2D eigenvalue weighted by atomic mass is 15.4. The summed E-state index contributed by atoms with van der Waals surface area (Å²) in [5, 5.41) is 0. The van der Waals surface area contributed by atoms with E-state index in [4.69, 9.17) is 0 Å². The van der Waals surface area contributed by atoms with Gasteiger partial charge in [0.15, 0.2) is 0 Å². The van der Waals surface area contributed by atoms with Crippen molar-refractivity contribution in [1.29, 1.82) is 0 Å². The second-order valence-corrected chi connectivity index (χ2v) is 3.13. The molecule has 1 aliphatic heterocycles. The van der Waals surface area contributed by atoms with Crippen LogP contribution in [0.15, 0.2) is 0 Å². The van der Waals surface area contributed by atoms with E-state index in [1.54, 1.807) is 0 Å². The van der Waals surface area contributed by atoms with Crippen molar-refractivity contribution in [2.24, 2.45) is 0 Å². The first-order valence-corrected chi connectivity index (χ1v) is 4.18. The third-order valence-electron chi connectivity index (χ3n) is 2.86. The summed E-state index contributed by atoms with van der Waals surface area (Å²) in [6.45, 7) is 10.2. The highest BCUT2D eigenvalue weighted by Gasteiger charge is 2.27. The Morgan fingerprint density at radius 2 is 1.40 bits per heavy atom. The fraction of sp³-hybridized carbons (Fsp3) is 1.00. The molecule has 0 N–H and O–H groups in total. The fourth-order valence-electron chi connectivity index (χ4n) is 1.86. The van der Waals surface area contributed by atoms with Gasteiger partial charge in [0.05, 0.1) is 26.2 Å². The molecule has 10 heavy (non-hydrogen) atoms. The van der Waals surface area contributed by atoms with Gasteiger partial charge in [0.2, 0.25) is 0 Å². The maximum atomic E-state index is 2.31. The lowest BCUT2D eigenvalue weighted by Crippen LogP contribution is -2.44. The van der Waals surface area contributed by atoms with E-state index in [0.29, 0.717) is 0 Å². The Kier molecular flexibility index (Phi) is 4.03. The molecule has 0 atom stereocenters. The molecule has 1 rings (SSSR count). The van der Waals surface area contributed by atoms with Gasteiger partial charge < -0.3 is 4.48 Å². The molecule has 2 heteroatoms. The minimum atomic E-state index is 0. The molecule has 0 aromatic heterocycles. The first kappa shape index (κ1) is 10.0. The van der Waals surface area contributed by atoms with E-state index in [2.05, 4.69) is 13.8 Å². The van der Waals surface area contributed by atoms with Crippen LogP contribution in [0.2, 0.25) is 0 Å². The Bertz CT molecular complexity index is 81.3. The molecular formula is C8H22BN. The van der Waals surface area contributed by atoms with Gasteiger partial charge in [-0.15, -0.1) is 0 Å². The van der Waals surface area contributed by atoms with Gasteiger partial charge in [-0.05, 0) is 13.8 Å². The zero-order valence-corrected chi connectivity index (χ0v) is 6.69. The molecule has 1 saturated heterocycles. The maximum Gasteiger partial charge on any atom is 0.0788 e. The molecule has 0 radical (unpaired) electrons. The van der Waals surface area contributed by atoms with Crippen LogP contribution in [0, 0.1) is 0 Å². The lowest BCUT2D eigenvalue weighted by Gasteiger charge is -2.31. The van der Waals surface area contributed by atoms with Crippen molar-refractivity contribution in [3.05, 3.63) is 0 Å². The van der Waals surface area contributed by atoms with Crippen LogP contribution in [0.5, 0.6) is 0 Å². The first-order valence-electron chi connectivity index (χ1n) is 4.18. The number of quaternary nitrogens is 1. The van der Waals surface area contributed by atoms with Crippen LogP contribution in [-0.4, -0.2) is 39.1 Å². The van der Waals surface area contributed by atoms with E-state index in [1.165, 1.54) is 43.5 Å². The zero-order chi connectivity index (χ0) is 6.74. The molecule has 0 aliphatic carbocycles. The first-order chi connectivity index (χ1) is 4.33. The van der Waals surface area contributed by atoms with Gasteiger partial charge in [0.25, 0.3) is 0 Å². The standard InChI is InChI=1S/C8H18N.BH4/c1-3-9(4-2)7-5-6-8-9;/h3-8H2,1-2H3;1H4/q+1;-1. The van der Waals surface area contributed by atoms with Crippen LogP contribution in [0.3, 0.4) is 0 Å². The van der Waals surface area contributed by atoms with Crippen molar-refractivity contribution in [2.45, 2.75) is 26.7 Å². The van der Waals surface area contributed by atoms with Gasteiger partial charge in [-0.25, -0.2) is 0 Å². The van der Waals surface area contributed by atoms with Gasteiger partial charge in [-0.3, -0.25) is 0 Å². The topological polar surface area (TPSA) is 0 Å². The average molecular weight is 143 g/mol. The Hall–Kier alpha value is 0.0249. The molecule has 1 heterocycles. The quantitative estimate of drug-likeness (QED) is 0.382. The largest absolute Gasteiger partial charge is 0.324 e. The van der Waals surface area contributed by atoms with Crippen LogP contribution < -0.4 is 0 Å².